The normalized spacial score (nSPS) is 22.8. The molecule has 0 unspecified atom stereocenters. The van der Waals surface area contributed by atoms with E-state index < -0.39 is 15.1 Å². The Balaban J connectivity index is 0.00000210. The van der Waals surface area contributed by atoms with Gasteiger partial charge in [0.2, 0.25) is 0 Å². The fourth-order valence-corrected chi connectivity index (χ4v) is 7.43. The molecule has 1 spiro atoms. The minimum absolute atomic E-state index is 0. The molecule has 218 valence electrons. The summed E-state index contributed by atoms with van der Waals surface area (Å²) in [6.07, 6.45) is 4.80. The Bertz CT molecular complexity index is 1290. The predicted molar refractivity (Wildman–Crippen MR) is 165 cm³/mol. The summed E-state index contributed by atoms with van der Waals surface area (Å²) in [5.74, 6) is 1.26. The Morgan fingerprint density at radius 1 is 1.21 bits per heavy atom. The Morgan fingerprint density at radius 2 is 1.87 bits per heavy atom. The number of aryl methyl sites for hydroxylation is 1. The van der Waals surface area contributed by atoms with Crippen molar-refractivity contribution in [3.05, 3.63) is 28.7 Å². The van der Waals surface area contributed by atoms with Crippen molar-refractivity contribution in [2.45, 2.75) is 60.6 Å². The lowest BCUT2D eigenvalue weighted by Crippen LogP contribution is -2.55. The minimum atomic E-state index is -3.09. The lowest BCUT2D eigenvalue weighted by atomic mass is 9.73. The van der Waals surface area contributed by atoms with Crippen LogP contribution in [-0.4, -0.2) is 84.9 Å². The Hall–Kier alpha value is -1.00. The zero-order valence-corrected chi connectivity index (χ0v) is 26.6. The number of hydrogen-bond acceptors (Lipinski definition) is 11. The molecule has 3 N–H and O–H groups in total. The fraction of sp³-hybridized carbons (Fsp3) is 0.625. The number of nitrogens with two attached hydrogens (primary N) is 1. The van der Waals surface area contributed by atoms with E-state index >= 15 is 0 Å². The maximum absolute atomic E-state index is 11.8. The van der Waals surface area contributed by atoms with Gasteiger partial charge in [-0.1, -0.05) is 23.4 Å². The summed E-state index contributed by atoms with van der Waals surface area (Å²) in [4.78, 5) is 18.8. The number of aliphatic hydroxyl groups excluding tert-OH is 1. The summed E-state index contributed by atoms with van der Waals surface area (Å²) in [7, 11) is -3.09. The Labute approximate surface area is 253 Å². The first-order valence-electron chi connectivity index (χ1n) is 12.4. The summed E-state index contributed by atoms with van der Waals surface area (Å²) >= 11 is 8.05. The molecule has 0 aromatic carbocycles. The van der Waals surface area contributed by atoms with Crippen LogP contribution in [0.2, 0.25) is 5.02 Å². The number of anilines is 2. The number of nitrogens with zero attached hydrogens (tertiary/aromatic N) is 5. The van der Waals surface area contributed by atoms with Gasteiger partial charge >= 0.3 is 0 Å². The highest BCUT2D eigenvalue weighted by Crippen LogP contribution is 2.43. The van der Waals surface area contributed by atoms with E-state index in [1.165, 1.54) is 18.0 Å². The first-order chi connectivity index (χ1) is 17.5. The molecule has 3 saturated heterocycles. The number of pyridine rings is 1. The van der Waals surface area contributed by atoms with Crippen LogP contribution in [-0.2, 0) is 21.2 Å². The fourth-order valence-electron chi connectivity index (χ4n) is 5.32. The summed E-state index contributed by atoms with van der Waals surface area (Å²) in [5.41, 5.74) is 7.73. The minimum Gasteiger partial charge on any atom is -0.390 e. The summed E-state index contributed by atoms with van der Waals surface area (Å²) in [5, 5.41) is 10.8. The second-order valence-electron chi connectivity index (χ2n) is 10.3. The average Bonchev–Trinajstić information content (AvgIpc) is 3.09. The average molecular weight is 637 g/mol. The van der Waals surface area contributed by atoms with Crippen molar-refractivity contribution < 1.29 is 18.3 Å². The number of piperidine rings is 1. The lowest BCUT2D eigenvalue weighted by Gasteiger charge is -2.42. The first kappa shape index (κ1) is 32.5. The number of aromatic nitrogens is 3. The summed E-state index contributed by atoms with van der Waals surface area (Å²) in [6.45, 7) is 6.70. The van der Waals surface area contributed by atoms with Gasteiger partial charge in [0.1, 0.15) is 16.5 Å². The molecule has 10 nitrogen and oxygen atoms in total. The molecule has 0 amide bonds. The van der Waals surface area contributed by atoms with Crippen LogP contribution in [0.25, 0.3) is 0 Å². The number of aliphatic hydroxyl groups is 1. The number of halogens is 1. The molecule has 0 radical (unpaired) electrons. The Kier molecular flexibility index (Phi) is 10.4. The highest BCUT2D eigenvalue weighted by Gasteiger charge is 2.47. The first-order valence-corrected chi connectivity index (χ1v) is 15.5. The molecule has 5 rings (SSSR count). The standard InChI is InChI=1S/C24H33ClN6O4S2.2H2S/c1-14-23(36-18-4-7-27-22(19(18)25)31-10-16(11-31)37(3,33)34)29-17(12-32)21(28-14)30-8-5-24(6-9-30)13-35-15(2)20(24)26;;/h4,7,15-16,20,32H,5-6,8-13,26H2,1-3H3;2*1H2/t15-,20+;;/m0../s1. The van der Waals surface area contributed by atoms with Crippen LogP contribution in [0.4, 0.5) is 11.6 Å². The van der Waals surface area contributed by atoms with Crippen molar-refractivity contribution >= 4 is 71.8 Å². The van der Waals surface area contributed by atoms with Crippen LogP contribution in [0.5, 0.6) is 0 Å². The van der Waals surface area contributed by atoms with Gasteiger partial charge in [-0.05, 0) is 32.8 Å². The van der Waals surface area contributed by atoms with Gasteiger partial charge in [0.25, 0.3) is 0 Å². The van der Waals surface area contributed by atoms with Gasteiger partial charge in [-0.15, -0.1) is 0 Å². The SMILES string of the molecule is Cc1nc(N2CCC3(CC2)CO[C@@H](C)[C@H]3N)c(CO)nc1Sc1ccnc(N2CC(S(C)(=O)=O)C2)c1Cl.S.S. The van der Waals surface area contributed by atoms with Crippen molar-refractivity contribution in [3.63, 3.8) is 0 Å². The zero-order valence-electron chi connectivity index (χ0n) is 22.2. The van der Waals surface area contributed by atoms with E-state index in [-0.39, 0.29) is 51.2 Å². The van der Waals surface area contributed by atoms with Gasteiger partial charge in [0, 0.05) is 55.0 Å². The van der Waals surface area contributed by atoms with Gasteiger partial charge < -0.3 is 25.4 Å². The van der Waals surface area contributed by atoms with E-state index in [2.05, 4.69) is 9.88 Å². The molecule has 3 aliphatic rings. The second kappa shape index (κ2) is 12.5. The smallest absolute Gasteiger partial charge is 0.153 e. The molecule has 0 aliphatic carbocycles. The third-order valence-corrected chi connectivity index (χ3v) is 11.1. The molecular weight excluding hydrogens is 600 g/mol. The number of sulfone groups is 1. The van der Waals surface area contributed by atoms with Crippen LogP contribution < -0.4 is 15.5 Å². The maximum atomic E-state index is 11.8. The molecule has 15 heteroatoms. The molecular formula is C24H37ClN6O4S4. The van der Waals surface area contributed by atoms with Gasteiger partial charge in [-0.25, -0.2) is 23.4 Å². The van der Waals surface area contributed by atoms with E-state index in [1.807, 2.05) is 18.7 Å². The molecule has 2 aromatic heterocycles. The molecule has 39 heavy (non-hydrogen) atoms. The van der Waals surface area contributed by atoms with E-state index in [0.29, 0.717) is 47.1 Å². The predicted octanol–water partition coefficient (Wildman–Crippen LogP) is 2.27. The number of ether oxygens (including phenoxy) is 1. The maximum Gasteiger partial charge on any atom is 0.153 e. The molecule has 3 aliphatic heterocycles. The van der Waals surface area contributed by atoms with E-state index in [0.717, 1.165) is 36.5 Å². The third-order valence-electron chi connectivity index (χ3n) is 7.93. The van der Waals surface area contributed by atoms with Gasteiger partial charge in [-0.2, -0.15) is 27.0 Å². The van der Waals surface area contributed by atoms with E-state index in [1.54, 1.807) is 12.3 Å². The monoisotopic (exact) mass is 636 g/mol. The van der Waals surface area contributed by atoms with Crippen molar-refractivity contribution in [1.29, 1.82) is 0 Å². The second-order valence-corrected chi connectivity index (χ2v) is 14.1. The molecule has 0 bridgehead atoms. The van der Waals surface area contributed by atoms with Crippen molar-refractivity contribution in [3.8, 4) is 0 Å². The molecule has 0 saturated carbocycles. The molecule has 5 heterocycles. The van der Waals surface area contributed by atoms with Gasteiger partial charge in [0.15, 0.2) is 15.7 Å². The number of rotatable bonds is 6. The zero-order chi connectivity index (χ0) is 26.5. The van der Waals surface area contributed by atoms with E-state index in [9.17, 15) is 13.5 Å². The Morgan fingerprint density at radius 3 is 2.44 bits per heavy atom. The van der Waals surface area contributed by atoms with Crippen LogP contribution in [0.1, 0.15) is 31.2 Å². The van der Waals surface area contributed by atoms with Crippen molar-refractivity contribution in [2.24, 2.45) is 11.1 Å². The summed E-state index contributed by atoms with van der Waals surface area (Å²) in [6, 6.07) is 1.83. The topological polar surface area (TPSA) is 135 Å². The van der Waals surface area contributed by atoms with Crippen LogP contribution in [0, 0.1) is 12.3 Å². The van der Waals surface area contributed by atoms with Crippen LogP contribution >= 0.6 is 50.4 Å². The molecule has 2 atom stereocenters. The van der Waals surface area contributed by atoms with E-state index in [4.69, 9.17) is 32.0 Å². The van der Waals surface area contributed by atoms with Crippen LogP contribution in [0.3, 0.4) is 0 Å². The lowest BCUT2D eigenvalue weighted by molar-refractivity contribution is 0.0973. The van der Waals surface area contributed by atoms with Gasteiger partial charge in [-0.3, -0.25) is 0 Å². The van der Waals surface area contributed by atoms with Crippen LogP contribution in [0.15, 0.2) is 22.2 Å². The largest absolute Gasteiger partial charge is 0.390 e. The summed E-state index contributed by atoms with van der Waals surface area (Å²) < 4.78 is 29.4. The third kappa shape index (κ3) is 6.27. The molecule has 2 aromatic rings. The quantitative estimate of drug-likeness (QED) is 0.483. The van der Waals surface area contributed by atoms with Crippen molar-refractivity contribution in [1.82, 2.24) is 15.0 Å². The van der Waals surface area contributed by atoms with Gasteiger partial charge in [0.05, 0.1) is 35.3 Å². The van der Waals surface area contributed by atoms with Crippen molar-refractivity contribution in [2.75, 3.05) is 48.8 Å². The highest BCUT2D eigenvalue weighted by atomic mass is 35.5. The molecule has 3 fully saturated rings. The number of hydrogen-bond donors (Lipinski definition) is 2. The highest BCUT2D eigenvalue weighted by molar-refractivity contribution is 7.99.